The number of hydrogen-bond donors (Lipinski definition) is 1. The SMILES string of the molecule is CC1CCN(S(=O)(=O)c2cc(CNC3CC3)cs2)CC1C. The van der Waals surface area contributed by atoms with Crippen molar-refractivity contribution in [3.05, 3.63) is 17.0 Å². The Morgan fingerprint density at radius 2 is 2.05 bits per heavy atom. The Kier molecular flexibility index (Phi) is 4.41. The van der Waals surface area contributed by atoms with Gasteiger partial charge in [0.1, 0.15) is 4.21 Å². The summed E-state index contributed by atoms with van der Waals surface area (Å²) in [5.74, 6) is 1.04. The summed E-state index contributed by atoms with van der Waals surface area (Å²) in [5, 5.41) is 5.40. The first kappa shape index (κ1) is 15.5. The van der Waals surface area contributed by atoms with Gasteiger partial charge in [0, 0.05) is 25.7 Å². The van der Waals surface area contributed by atoms with Gasteiger partial charge >= 0.3 is 0 Å². The van der Waals surface area contributed by atoms with Crippen LogP contribution in [0.2, 0.25) is 0 Å². The number of rotatable bonds is 5. The van der Waals surface area contributed by atoms with Crippen LogP contribution in [-0.4, -0.2) is 31.9 Å². The molecule has 0 spiro atoms. The lowest BCUT2D eigenvalue weighted by Gasteiger charge is -2.34. The van der Waals surface area contributed by atoms with Crippen LogP contribution in [0.15, 0.2) is 15.7 Å². The molecule has 1 aliphatic carbocycles. The van der Waals surface area contributed by atoms with E-state index in [1.165, 1.54) is 24.2 Å². The van der Waals surface area contributed by atoms with Crippen molar-refractivity contribution in [2.75, 3.05) is 13.1 Å². The van der Waals surface area contributed by atoms with E-state index in [-0.39, 0.29) is 0 Å². The molecule has 1 aliphatic heterocycles. The van der Waals surface area contributed by atoms with Gasteiger partial charge in [-0.15, -0.1) is 11.3 Å². The van der Waals surface area contributed by atoms with E-state index < -0.39 is 10.0 Å². The Hall–Kier alpha value is -0.430. The Morgan fingerprint density at radius 3 is 2.71 bits per heavy atom. The predicted octanol–water partition coefficient (Wildman–Crippen LogP) is 2.67. The topological polar surface area (TPSA) is 49.4 Å². The van der Waals surface area contributed by atoms with E-state index in [0.29, 0.717) is 35.2 Å². The zero-order valence-corrected chi connectivity index (χ0v) is 14.3. The molecule has 2 aliphatic rings. The van der Waals surface area contributed by atoms with Crippen LogP contribution in [0, 0.1) is 11.8 Å². The maximum atomic E-state index is 12.7. The molecule has 0 aromatic carbocycles. The van der Waals surface area contributed by atoms with Gasteiger partial charge in [-0.1, -0.05) is 13.8 Å². The summed E-state index contributed by atoms with van der Waals surface area (Å²) in [6, 6.07) is 2.49. The van der Waals surface area contributed by atoms with Crippen molar-refractivity contribution in [2.45, 2.75) is 49.9 Å². The Morgan fingerprint density at radius 1 is 1.29 bits per heavy atom. The van der Waals surface area contributed by atoms with Gasteiger partial charge in [0.25, 0.3) is 10.0 Å². The highest BCUT2D eigenvalue weighted by atomic mass is 32.2. The monoisotopic (exact) mass is 328 g/mol. The average molecular weight is 329 g/mol. The number of nitrogens with one attached hydrogen (secondary N) is 1. The van der Waals surface area contributed by atoms with E-state index in [0.717, 1.165) is 18.5 Å². The molecular weight excluding hydrogens is 304 g/mol. The molecule has 0 amide bonds. The maximum Gasteiger partial charge on any atom is 0.252 e. The summed E-state index contributed by atoms with van der Waals surface area (Å²) in [5.41, 5.74) is 1.09. The summed E-state index contributed by atoms with van der Waals surface area (Å²) < 4.78 is 27.6. The average Bonchev–Trinajstić information content (AvgIpc) is 3.15. The second-order valence-corrected chi connectivity index (χ2v) is 9.61. The van der Waals surface area contributed by atoms with Crippen molar-refractivity contribution in [1.82, 2.24) is 9.62 Å². The molecule has 0 bridgehead atoms. The highest BCUT2D eigenvalue weighted by Gasteiger charge is 2.32. The minimum Gasteiger partial charge on any atom is -0.310 e. The van der Waals surface area contributed by atoms with Gasteiger partial charge in [-0.3, -0.25) is 0 Å². The lowest BCUT2D eigenvalue weighted by atomic mass is 9.90. The number of piperidine rings is 1. The number of hydrogen-bond acceptors (Lipinski definition) is 4. The van der Waals surface area contributed by atoms with Crippen LogP contribution in [0.25, 0.3) is 0 Å². The molecule has 2 unspecified atom stereocenters. The molecule has 118 valence electrons. The fraction of sp³-hybridized carbons (Fsp3) is 0.733. The molecule has 2 fully saturated rings. The quantitative estimate of drug-likeness (QED) is 0.904. The molecule has 3 rings (SSSR count). The largest absolute Gasteiger partial charge is 0.310 e. The zero-order valence-electron chi connectivity index (χ0n) is 12.7. The van der Waals surface area contributed by atoms with Gasteiger partial charge in [-0.2, -0.15) is 4.31 Å². The predicted molar refractivity (Wildman–Crippen MR) is 85.9 cm³/mol. The third kappa shape index (κ3) is 3.50. The number of thiophene rings is 1. The van der Waals surface area contributed by atoms with Gasteiger partial charge < -0.3 is 5.32 Å². The molecule has 1 aromatic rings. The lowest BCUT2D eigenvalue weighted by Crippen LogP contribution is -2.41. The van der Waals surface area contributed by atoms with Crippen LogP contribution in [0.4, 0.5) is 0 Å². The minimum atomic E-state index is -3.30. The van der Waals surface area contributed by atoms with Crippen LogP contribution in [0.1, 0.15) is 38.7 Å². The van der Waals surface area contributed by atoms with Crippen LogP contribution in [0.5, 0.6) is 0 Å². The first-order chi connectivity index (χ1) is 9.96. The van der Waals surface area contributed by atoms with Gasteiger partial charge in [-0.25, -0.2) is 8.42 Å². The third-order valence-electron chi connectivity index (χ3n) is 4.69. The van der Waals surface area contributed by atoms with Gasteiger partial charge in [-0.05, 0) is 48.1 Å². The van der Waals surface area contributed by atoms with Crippen molar-refractivity contribution in [1.29, 1.82) is 0 Å². The number of sulfonamides is 1. The maximum absolute atomic E-state index is 12.7. The van der Waals surface area contributed by atoms with Crippen molar-refractivity contribution in [3.8, 4) is 0 Å². The van der Waals surface area contributed by atoms with E-state index in [2.05, 4.69) is 19.2 Å². The van der Waals surface area contributed by atoms with Crippen LogP contribution < -0.4 is 5.32 Å². The smallest absolute Gasteiger partial charge is 0.252 e. The second kappa shape index (κ2) is 5.99. The second-order valence-electron chi connectivity index (χ2n) is 6.54. The molecule has 2 atom stereocenters. The summed E-state index contributed by atoms with van der Waals surface area (Å²) in [4.78, 5) is 0. The Balaban J connectivity index is 1.69. The van der Waals surface area contributed by atoms with Gasteiger partial charge in [0.2, 0.25) is 0 Å². The summed E-state index contributed by atoms with van der Waals surface area (Å²) in [6.45, 7) is 6.44. The van der Waals surface area contributed by atoms with Crippen molar-refractivity contribution >= 4 is 21.4 Å². The van der Waals surface area contributed by atoms with E-state index in [1.54, 1.807) is 4.31 Å². The molecule has 0 radical (unpaired) electrons. The van der Waals surface area contributed by atoms with E-state index in [4.69, 9.17) is 0 Å². The molecule has 1 saturated heterocycles. The van der Waals surface area contributed by atoms with E-state index >= 15 is 0 Å². The molecule has 2 heterocycles. The lowest BCUT2D eigenvalue weighted by molar-refractivity contribution is 0.213. The van der Waals surface area contributed by atoms with Crippen LogP contribution in [0.3, 0.4) is 0 Å². The molecule has 1 N–H and O–H groups in total. The Bertz CT molecular complexity index is 593. The molecule has 1 aromatic heterocycles. The summed E-state index contributed by atoms with van der Waals surface area (Å²) >= 11 is 1.35. The standard InChI is InChI=1S/C15H24N2O2S2/c1-11-5-6-17(9-12(11)2)21(18,19)15-7-13(10-20-15)8-16-14-3-4-14/h7,10-12,14,16H,3-6,8-9H2,1-2H3. The van der Waals surface area contributed by atoms with Crippen molar-refractivity contribution in [3.63, 3.8) is 0 Å². The molecule has 1 saturated carbocycles. The molecule has 21 heavy (non-hydrogen) atoms. The van der Waals surface area contributed by atoms with Gasteiger partial charge in [0.15, 0.2) is 0 Å². The van der Waals surface area contributed by atoms with Crippen molar-refractivity contribution < 1.29 is 8.42 Å². The fourth-order valence-electron chi connectivity index (χ4n) is 2.70. The summed E-state index contributed by atoms with van der Waals surface area (Å²) in [7, 11) is -3.30. The highest BCUT2D eigenvalue weighted by Crippen LogP contribution is 2.30. The zero-order chi connectivity index (χ0) is 15.0. The first-order valence-electron chi connectivity index (χ1n) is 7.78. The third-order valence-corrected chi connectivity index (χ3v) is 8.02. The Labute approximate surface area is 131 Å². The van der Waals surface area contributed by atoms with Crippen LogP contribution in [-0.2, 0) is 16.6 Å². The normalized spacial score (nSPS) is 27.9. The van der Waals surface area contributed by atoms with E-state index in [1.807, 2.05) is 11.4 Å². The molecular formula is C15H24N2O2S2. The highest BCUT2D eigenvalue weighted by molar-refractivity contribution is 7.91. The van der Waals surface area contributed by atoms with Crippen LogP contribution >= 0.6 is 11.3 Å². The fourth-order valence-corrected chi connectivity index (χ4v) is 5.62. The van der Waals surface area contributed by atoms with Gasteiger partial charge in [0.05, 0.1) is 0 Å². The minimum absolute atomic E-state index is 0.435. The van der Waals surface area contributed by atoms with E-state index in [9.17, 15) is 8.42 Å². The molecule has 6 heteroatoms. The van der Waals surface area contributed by atoms with Crippen molar-refractivity contribution in [2.24, 2.45) is 11.8 Å². The number of nitrogens with zero attached hydrogens (tertiary/aromatic N) is 1. The first-order valence-corrected chi connectivity index (χ1v) is 10.1. The summed E-state index contributed by atoms with van der Waals surface area (Å²) in [6.07, 6.45) is 3.46. The molecule has 4 nitrogen and oxygen atoms in total.